The monoisotopic (exact) mass is 469 g/mol. The maximum Gasteiger partial charge on any atom is 0.141 e. The number of nitrogens with zero attached hydrogens (tertiary/aromatic N) is 3. The van der Waals surface area contributed by atoms with E-state index in [1.165, 1.54) is 5.69 Å². The minimum Gasteiger partial charge on any atom is -0.380 e. The van der Waals surface area contributed by atoms with Gasteiger partial charge >= 0.3 is 0 Å². The number of nitriles is 1. The predicted octanol–water partition coefficient (Wildman–Crippen LogP) is 3.59. The zero-order chi connectivity index (χ0) is 24.5. The number of carbonyl (C=O) groups is 1. The molecule has 35 heavy (non-hydrogen) atoms. The quantitative estimate of drug-likeness (QED) is 0.487. The van der Waals surface area contributed by atoms with Crippen molar-refractivity contribution in [2.24, 2.45) is 5.41 Å². The minimum atomic E-state index is -0.269. The van der Waals surface area contributed by atoms with E-state index in [2.05, 4.69) is 32.7 Å². The molecule has 3 aromatic rings. The SMILES string of the molecule is CNc1ccc(N2CC3(COC3)C2)cn1.N#Cc1ccc(CCNC(C=O)c2ccccc2)cc1. The molecule has 3 heterocycles. The van der Waals surface area contributed by atoms with Crippen molar-refractivity contribution in [3.8, 4) is 6.07 Å². The van der Waals surface area contributed by atoms with Crippen LogP contribution < -0.4 is 15.5 Å². The van der Waals surface area contributed by atoms with Crippen molar-refractivity contribution in [1.29, 1.82) is 5.26 Å². The van der Waals surface area contributed by atoms with Crippen molar-refractivity contribution < 1.29 is 9.53 Å². The normalized spacial score (nSPS) is 16.1. The molecule has 0 aliphatic carbocycles. The number of aromatic nitrogens is 1. The maximum absolute atomic E-state index is 11.1. The molecule has 0 bridgehead atoms. The van der Waals surface area contributed by atoms with Gasteiger partial charge in [-0.1, -0.05) is 42.5 Å². The largest absolute Gasteiger partial charge is 0.380 e. The van der Waals surface area contributed by atoms with E-state index in [0.29, 0.717) is 17.5 Å². The van der Waals surface area contributed by atoms with Crippen molar-refractivity contribution in [3.05, 3.63) is 89.6 Å². The highest BCUT2D eigenvalue weighted by molar-refractivity contribution is 5.61. The Bertz CT molecular complexity index is 1110. The molecule has 180 valence electrons. The smallest absolute Gasteiger partial charge is 0.141 e. The molecule has 0 radical (unpaired) electrons. The number of benzene rings is 2. The average molecular weight is 470 g/mol. The van der Waals surface area contributed by atoms with E-state index in [0.717, 1.165) is 56.0 Å². The van der Waals surface area contributed by atoms with Gasteiger partial charge in [-0.05, 0) is 41.8 Å². The third-order valence-electron chi connectivity index (χ3n) is 6.39. The average Bonchev–Trinajstić information content (AvgIpc) is 2.87. The molecule has 1 unspecified atom stereocenters. The van der Waals surface area contributed by atoms with Crippen LogP contribution in [0, 0.1) is 16.7 Å². The molecule has 2 saturated heterocycles. The lowest BCUT2D eigenvalue weighted by Gasteiger charge is -2.55. The summed E-state index contributed by atoms with van der Waals surface area (Å²) in [6.45, 7) is 4.82. The van der Waals surface area contributed by atoms with Crippen LogP contribution in [0.4, 0.5) is 11.5 Å². The van der Waals surface area contributed by atoms with Gasteiger partial charge in [0.1, 0.15) is 12.1 Å². The molecular weight excluding hydrogens is 438 g/mol. The lowest BCUT2D eigenvalue weighted by atomic mass is 9.78. The van der Waals surface area contributed by atoms with Gasteiger partial charge in [0.15, 0.2) is 0 Å². The van der Waals surface area contributed by atoms with Crippen LogP contribution in [0.1, 0.15) is 22.7 Å². The van der Waals surface area contributed by atoms with Gasteiger partial charge < -0.3 is 25.1 Å². The summed E-state index contributed by atoms with van der Waals surface area (Å²) in [6.07, 6.45) is 3.68. The third-order valence-corrected chi connectivity index (χ3v) is 6.39. The molecule has 2 fully saturated rings. The minimum absolute atomic E-state index is 0.269. The Labute approximate surface area is 206 Å². The fraction of sp³-hybridized carbons (Fsp3) is 0.321. The van der Waals surface area contributed by atoms with Crippen LogP contribution in [-0.2, 0) is 16.0 Å². The second-order valence-electron chi connectivity index (χ2n) is 9.04. The summed E-state index contributed by atoms with van der Waals surface area (Å²) in [6, 6.07) is 23.1. The first-order valence-corrected chi connectivity index (χ1v) is 11.8. The van der Waals surface area contributed by atoms with Gasteiger partial charge in [-0.15, -0.1) is 0 Å². The summed E-state index contributed by atoms with van der Waals surface area (Å²) in [7, 11) is 1.88. The molecule has 7 nitrogen and oxygen atoms in total. The van der Waals surface area contributed by atoms with Gasteiger partial charge in [0.2, 0.25) is 0 Å². The number of aldehydes is 1. The Morgan fingerprint density at radius 1 is 1.11 bits per heavy atom. The van der Waals surface area contributed by atoms with E-state index >= 15 is 0 Å². The highest BCUT2D eigenvalue weighted by atomic mass is 16.5. The van der Waals surface area contributed by atoms with E-state index in [-0.39, 0.29) is 6.04 Å². The number of ether oxygens (including phenoxy) is 1. The summed E-state index contributed by atoms with van der Waals surface area (Å²) in [4.78, 5) is 17.8. The molecule has 2 aliphatic heterocycles. The number of nitrogens with one attached hydrogen (secondary N) is 2. The lowest BCUT2D eigenvalue weighted by molar-refractivity contribution is -0.127. The first kappa shape index (κ1) is 24.4. The van der Waals surface area contributed by atoms with Crippen molar-refractivity contribution in [2.75, 3.05) is 50.1 Å². The van der Waals surface area contributed by atoms with Crippen LogP contribution in [-0.4, -0.2) is 51.2 Å². The van der Waals surface area contributed by atoms with Gasteiger partial charge in [0.25, 0.3) is 0 Å². The molecule has 2 N–H and O–H groups in total. The molecule has 0 saturated carbocycles. The Kier molecular flexibility index (Phi) is 8.09. The zero-order valence-electron chi connectivity index (χ0n) is 20.0. The van der Waals surface area contributed by atoms with Crippen LogP contribution in [0.5, 0.6) is 0 Å². The van der Waals surface area contributed by atoms with Crippen molar-refractivity contribution in [2.45, 2.75) is 12.5 Å². The van der Waals surface area contributed by atoms with E-state index in [1.807, 2.05) is 73.9 Å². The Morgan fingerprint density at radius 2 is 1.86 bits per heavy atom. The second-order valence-corrected chi connectivity index (χ2v) is 9.04. The maximum atomic E-state index is 11.1. The number of carbonyl (C=O) groups excluding carboxylic acids is 1. The zero-order valence-corrected chi connectivity index (χ0v) is 20.0. The van der Waals surface area contributed by atoms with Crippen molar-refractivity contribution in [1.82, 2.24) is 10.3 Å². The van der Waals surface area contributed by atoms with Gasteiger partial charge in [-0.3, -0.25) is 0 Å². The molecule has 0 amide bonds. The van der Waals surface area contributed by atoms with Crippen molar-refractivity contribution in [3.63, 3.8) is 0 Å². The summed E-state index contributed by atoms with van der Waals surface area (Å²) >= 11 is 0. The second kappa shape index (κ2) is 11.6. The molecular formula is C28H31N5O2. The van der Waals surface area contributed by atoms with E-state index in [9.17, 15) is 4.79 Å². The Morgan fingerprint density at radius 3 is 2.40 bits per heavy atom. The molecule has 1 atom stereocenters. The first-order chi connectivity index (χ1) is 17.1. The summed E-state index contributed by atoms with van der Waals surface area (Å²) in [5, 5.41) is 15.0. The molecule has 1 aromatic heterocycles. The number of rotatable bonds is 8. The number of pyridine rings is 1. The van der Waals surface area contributed by atoms with E-state index in [4.69, 9.17) is 10.00 Å². The van der Waals surface area contributed by atoms with E-state index < -0.39 is 0 Å². The Balaban J connectivity index is 0.000000171. The topological polar surface area (TPSA) is 90.3 Å². The Hall–Kier alpha value is -3.73. The van der Waals surface area contributed by atoms with Crippen LogP contribution >= 0.6 is 0 Å². The lowest BCUT2D eigenvalue weighted by Crippen LogP contribution is -2.66. The van der Waals surface area contributed by atoms with Crippen molar-refractivity contribution >= 4 is 17.8 Å². The predicted molar refractivity (Wildman–Crippen MR) is 137 cm³/mol. The van der Waals surface area contributed by atoms with Crippen LogP contribution in [0.15, 0.2) is 72.9 Å². The van der Waals surface area contributed by atoms with Gasteiger partial charge in [0.05, 0.1) is 48.2 Å². The van der Waals surface area contributed by atoms with E-state index in [1.54, 1.807) is 0 Å². The molecule has 7 heteroatoms. The number of hydrogen-bond acceptors (Lipinski definition) is 7. The molecule has 2 aromatic carbocycles. The van der Waals surface area contributed by atoms with Gasteiger partial charge in [-0.2, -0.15) is 5.26 Å². The summed E-state index contributed by atoms with van der Waals surface area (Å²) < 4.78 is 5.25. The van der Waals surface area contributed by atoms with Gasteiger partial charge in [0, 0.05) is 26.7 Å². The first-order valence-electron chi connectivity index (χ1n) is 11.8. The number of hydrogen-bond donors (Lipinski definition) is 2. The third kappa shape index (κ3) is 6.24. The summed E-state index contributed by atoms with van der Waals surface area (Å²) in [5.74, 6) is 0.918. The highest BCUT2D eigenvalue weighted by Gasteiger charge is 2.49. The van der Waals surface area contributed by atoms with Crippen LogP contribution in [0.3, 0.4) is 0 Å². The van der Waals surface area contributed by atoms with Crippen LogP contribution in [0.25, 0.3) is 0 Å². The fourth-order valence-electron chi connectivity index (χ4n) is 4.26. The van der Waals surface area contributed by atoms with Gasteiger partial charge in [-0.25, -0.2) is 4.98 Å². The molecule has 1 spiro atoms. The standard InChI is InChI=1S/C17H16N2O.C11H15N3O/c18-12-15-8-6-14(7-9-15)10-11-19-17(13-20)16-4-2-1-3-5-16;1-12-10-3-2-9(4-13-10)14-5-11(6-14)7-15-8-11/h1-9,13,17,19H,10-11H2;2-4H,5-8H2,1H3,(H,12,13). The van der Waals surface area contributed by atoms with Crippen LogP contribution in [0.2, 0.25) is 0 Å². The molecule has 5 rings (SSSR count). The molecule has 2 aliphatic rings. The summed E-state index contributed by atoms with van der Waals surface area (Å²) in [5.41, 5.74) is 4.47. The highest BCUT2D eigenvalue weighted by Crippen LogP contribution is 2.39. The number of anilines is 2. The fourth-order valence-corrected chi connectivity index (χ4v) is 4.26.